The summed E-state index contributed by atoms with van der Waals surface area (Å²) >= 11 is 0. The van der Waals surface area contributed by atoms with Gasteiger partial charge in [0.05, 0.1) is 25.2 Å². The lowest BCUT2D eigenvalue weighted by molar-refractivity contribution is 0.103. The number of aromatic nitrogens is 2. The van der Waals surface area contributed by atoms with Crippen LogP contribution < -0.4 is 15.4 Å². The van der Waals surface area contributed by atoms with Gasteiger partial charge in [-0.15, -0.1) is 0 Å². The molecule has 1 heterocycles. The van der Waals surface area contributed by atoms with Crippen LogP contribution in [0.4, 0.5) is 16.3 Å². The quantitative estimate of drug-likeness (QED) is 0.676. The van der Waals surface area contributed by atoms with Crippen LogP contribution in [0, 0.1) is 6.92 Å². The van der Waals surface area contributed by atoms with Gasteiger partial charge in [0.1, 0.15) is 11.4 Å². The van der Waals surface area contributed by atoms with Crippen LogP contribution in [0.15, 0.2) is 60.9 Å². The third-order valence-electron chi connectivity index (χ3n) is 3.77. The summed E-state index contributed by atoms with van der Waals surface area (Å²) in [4.78, 5) is 32.7. The first-order valence-corrected chi connectivity index (χ1v) is 8.21. The first-order valence-electron chi connectivity index (χ1n) is 8.21. The molecule has 2 amide bonds. The molecule has 0 aliphatic heterocycles. The summed E-state index contributed by atoms with van der Waals surface area (Å²) in [7, 11) is 1.53. The fourth-order valence-corrected chi connectivity index (χ4v) is 2.44. The third kappa shape index (κ3) is 4.46. The van der Waals surface area contributed by atoms with Gasteiger partial charge >= 0.3 is 6.03 Å². The van der Waals surface area contributed by atoms with E-state index in [2.05, 4.69) is 20.6 Å². The van der Waals surface area contributed by atoms with Gasteiger partial charge in [0.25, 0.3) is 0 Å². The smallest absolute Gasteiger partial charge is 0.324 e. The molecule has 0 radical (unpaired) electrons. The Morgan fingerprint density at radius 1 is 0.963 bits per heavy atom. The Morgan fingerprint density at radius 3 is 2.41 bits per heavy atom. The second-order valence-corrected chi connectivity index (χ2v) is 5.76. The number of methoxy groups -OCH3 is 1. The van der Waals surface area contributed by atoms with Crippen molar-refractivity contribution in [2.24, 2.45) is 0 Å². The van der Waals surface area contributed by atoms with E-state index in [9.17, 15) is 9.59 Å². The lowest BCUT2D eigenvalue weighted by atomic mass is 10.1. The van der Waals surface area contributed by atoms with Crippen LogP contribution in [0.1, 0.15) is 21.6 Å². The van der Waals surface area contributed by atoms with Crippen molar-refractivity contribution in [1.82, 2.24) is 9.97 Å². The molecule has 0 saturated heterocycles. The van der Waals surface area contributed by atoms with Crippen molar-refractivity contribution in [1.29, 1.82) is 0 Å². The molecule has 0 fully saturated rings. The Labute approximate surface area is 156 Å². The summed E-state index contributed by atoms with van der Waals surface area (Å²) in [6, 6.07) is 13.8. The molecule has 0 aliphatic carbocycles. The van der Waals surface area contributed by atoms with Gasteiger partial charge < -0.3 is 10.1 Å². The van der Waals surface area contributed by atoms with Crippen molar-refractivity contribution < 1.29 is 14.3 Å². The maximum absolute atomic E-state index is 12.3. The summed E-state index contributed by atoms with van der Waals surface area (Å²) in [5.74, 6) is 0.540. The monoisotopic (exact) mass is 362 g/mol. The molecule has 7 heteroatoms. The third-order valence-corrected chi connectivity index (χ3v) is 3.77. The number of aryl methyl sites for hydroxylation is 1. The predicted molar refractivity (Wildman–Crippen MR) is 102 cm³/mol. The van der Waals surface area contributed by atoms with E-state index in [1.807, 2.05) is 19.1 Å². The second-order valence-electron chi connectivity index (χ2n) is 5.76. The van der Waals surface area contributed by atoms with E-state index in [0.29, 0.717) is 17.0 Å². The summed E-state index contributed by atoms with van der Waals surface area (Å²) in [5.41, 5.74) is 2.25. The molecular weight excluding hydrogens is 344 g/mol. The molecule has 0 unspecified atom stereocenters. The van der Waals surface area contributed by atoms with E-state index in [4.69, 9.17) is 4.74 Å². The van der Waals surface area contributed by atoms with Gasteiger partial charge in [-0.25, -0.2) is 14.8 Å². The van der Waals surface area contributed by atoms with Crippen molar-refractivity contribution >= 4 is 23.3 Å². The fourth-order valence-electron chi connectivity index (χ4n) is 2.44. The minimum Gasteiger partial charge on any atom is -0.495 e. The van der Waals surface area contributed by atoms with Gasteiger partial charge in [-0.1, -0.05) is 36.4 Å². The largest absolute Gasteiger partial charge is 0.495 e. The van der Waals surface area contributed by atoms with E-state index >= 15 is 0 Å². The molecule has 0 bridgehead atoms. The summed E-state index contributed by atoms with van der Waals surface area (Å²) in [6.45, 7) is 1.91. The van der Waals surface area contributed by atoms with Gasteiger partial charge in [0.2, 0.25) is 5.78 Å². The van der Waals surface area contributed by atoms with Gasteiger partial charge in [0, 0.05) is 5.56 Å². The van der Waals surface area contributed by atoms with Gasteiger partial charge in [-0.05, 0) is 24.6 Å². The normalized spacial score (nSPS) is 10.1. The van der Waals surface area contributed by atoms with Gasteiger partial charge in [-0.3, -0.25) is 10.1 Å². The standard InChI is InChI=1S/C20H18N4O3/c1-13-8-9-17(27-2)15(10-13)23-20(26)24-18-12-21-16(11-22-18)19(25)14-6-4-3-5-7-14/h3-12H,1-2H3,(H2,22,23,24,26). The lowest BCUT2D eigenvalue weighted by Crippen LogP contribution is -2.21. The number of nitrogens with one attached hydrogen (secondary N) is 2. The summed E-state index contributed by atoms with van der Waals surface area (Å²) < 4.78 is 5.23. The van der Waals surface area contributed by atoms with Crippen molar-refractivity contribution in [2.45, 2.75) is 6.92 Å². The SMILES string of the molecule is COc1ccc(C)cc1NC(=O)Nc1cnc(C(=O)c2ccccc2)cn1. The number of hydrogen-bond acceptors (Lipinski definition) is 5. The number of rotatable bonds is 5. The highest BCUT2D eigenvalue weighted by Gasteiger charge is 2.12. The van der Waals surface area contributed by atoms with Crippen molar-refractivity contribution in [3.63, 3.8) is 0 Å². The Morgan fingerprint density at radius 2 is 1.74 bits per heavy atom. The topological polar surface area (TPSA) is 93.2 Å². The molecule has 0 aliphatic rings. The number of ether oxygens (including phenoxy) is 1. The zero-order chi connectivity index (χ0) is 19.2. The average molecular weight is 362 g/mol. The molecule has 7 nitrogen and oxygen atoms in total. The zero-order valence-electron chi connectivity index (χ0n) is 14.9. The molecule has 27 heavy (non-hydrogen) atoms. The van der Waals surface area contributed by atoms with Crippen molar-refractivity contribution in [3.8, 4) is 5.75 Å². The minimum atomic E-state index is -0.490. The van der Waals surface area contributed by atoms with E-state index in [1.165, 1.54) is 19.5 Å². The number of carbonyl (C=O) groups is 2. The van der Waals surface area contributed by atoms with Gasteiger partial charge in [-0.2, -0.15) is 0 Å². The van der Waals surface area contributed by atoms with E-state index in [-0.39, 0.29) is 17.3 Å². The lowest BCUT2D eigenvalue weighted by Gasteiger charge is -2.11. The van der Waals surface area contributed by atoms with Crippen LogP contribution in [0.3, 0.4) is 0 Å². The number of amides is 2. The molecule has 0 atom stereocenters. The van der Waals surface area contributed by atoms with Crippen LogP contribution in [0.25, 0.3) is 0 Å². The average Bonchev–Trinajstić information content (AvgIpc) is 2.69. The number of anilines is 2. The van der Waals surface area contributed by atoms with Crippen molar-refractivity contribution in [3.05, 3.63) is 77.7 Å². The molecular formula is C20H18N4O3. The maximum atomic E-state index is 12.3. The van der Waals surface area contributed by atoms with Crippen LogP contribution in [0.2, 0.25) is 0 Å². The molecule has 136 valence electrons. The minimum absolute atomic E-state index is 0.201. The van der Waals surface area contributed by atoms with E-state index in [0.717, 1.165) is 5.56 Å². The zero-order valence-corrected chi connectivity index (χ0v) is 14.9. The number of hydrogen-bond donors (Lipinski definition) is 2. The Kier molecular flexibility index (Phi) is 5.41. The molecule has 3 rings (SSSR count). The van der Waals surface area contributed by atoms with Crippen LogP contribution in [-0.2, 0) is 0 Å². The van der Waals surface area contributed by atoms with Crippen LogP contribution in [-0.4, -0.2) is 28.9 Å². The number of carbonyl (C=O) groups excluding carboxylic acids is 2. The first kappa shape index (κ1) is 18.1. The molecule has 2 N–H and O–H groups in total. The van der Waals surface area contributed by atoms with Crippen molar-refractivity contribution in [2.75, 3.05) is 17.7 Å². The molecule has 0 saturated carbocycles. The van der Waals surface area contributed by atoms with Gasteiger partial charge in [0.15, 0.2) is 5.82 Å². The van der Waals surface area contributed by atoms with E-state index < -0.39 is 6.03 Å². The first-order chi connectivity index (χ1) is 13.1. The number of benzene rings is 2. The molecule has 2 aromatic carbocycles. The molecule has 1 aromatic heterocycles. The predicted octanol–water partition coefficient (Wildman–Crippen LogP) is 3.67. The van der Waals surface area contributed by atoms with Crippen LogP contribution >= 0.6 is 0 Å². The van der Waals surface area contributed by atoms with Crippen LogP contribution in [0.5, 0.6) is 5.75 Å². The van der Waals surface area contributed by atoms with E-state index in [1.54, 1.807) is 36.4 Å². The Hall–Kier alpha value is -3.74. The highest BCUT2D eigenvalue weighted by atomic mass is 16.5. The molecule has 3 aromatic rings. The number of ketones is 1. The maximum Gasteiger partial charge on any atom is 0.324 e. The summed E-state index contributed by atoms with van der Waals surface area (Å²) in [5, 5.41) is 5.28. The molecule has 0 spiro atoms. The highest BCUT2D eigenvalue weighted by Crippen LogP contribution is 2.25. The fraction of sp³-hybridized carbons (Fsp3) is 0.100. The second kappa shape index (κ2) is 8.09. The Balaban J connectivity index is 1.67. The Bertz CT molecular complexity index is 957. The highest BCUT2D eigenvalue weighted by molar-refractivity contribution is 6.07. The number of nitrogens with zero attached hydrogens (tertiary/aromatic N) is 2. The summed E-state index contributed by atoms with van der Waals surface area (Å²) in [6.07, 6.45) is 2.67. The number of urea groups is 1.